The van der Waals surface area contributed by atoms with Crippen LogP contribution in [0.4, 0.5) is 17.6 Å². The molecule has 0 radical (unpaired) electrons. The second-order valence-electron chi connectivity index (χ2n) is 6.26. The van der Waals surface area contributed by atoms with Gasteiger partial charge in [-0.25, -0.2) is 4.39 Å². The molecular formula is C17H25F4IN4. The van der Waals surface area contributed by atoms with Crippen molar-refractivity contribution in [2.75, 3.05) is 33.2 Å². The van der Waals surface area contributed by atoms with Crippen molar-refractivity contribution in [2.24, 2.45) is 4.99 Å². The lowest BCUT2D eigenvalue weighted by Gasteiger charge is -2.26. The SMILES string of the molecule is CCN=C(NC1CCN(CC(F)(F)F)C1)N(C)Cc1ccc(F)cc1.I. The van der Waals surface area contributed by atoms with E-state index in [1.165, 1.54) is 17.0 Å². The predicted octanol–water partition coefficient (Wildman–Crippen LogP) is 3.48. The van der Waals surface area contributed by atoms with Crippen LogP contribution in [0.5, 0.6) is 0 Å². The largest absolute Gasteiger partial charge is 0.401 e. The van der Waals surface area contributed by atoms with Crippen molar-refractivity contribution in [3.05, 3.63) is 35.6 Å². The number of nitrogens with zero attached hydrogens (tertiary/aromatic N) is 3. The molecule has 0 aliphatic carbocycles. The Balaban J connectivity index is 0.00000338. The number of aliphatic imine (C=N–C) groups is 1. The first kappa shape index (κ1) is 22.9. The van der Waals surface area contributed by atoms with Gasteiger partial charge in [0.15, 0.2) is 5.96 Å². The molecule has 1 atom stereocenters. The Labute approximate surface area is 168 Å². The molecule has 1 aromatic rings. The van der Waals surface area contributed by atoms with Crippen LogP contribution in [0.15, 0.2) is 29.3 Å². The van der Waals surface area contributed by atoms with Gasteiger partial charge in [-0.15, -0.1) is 24.0 Å². The summed E-state index contributed by atoms with van der Waals surface area (Å²) in [5, 5.41) is 3.26. The standard InChI is InChI=1S/C17H24F4N4.HI/c1-3-22-16(24(2)10-13-4-6-14(18)7-5-13)23-15-8-9-25(11-15)12-17(19,20)21;/h4-7,15H,3,8-12H2,1-2H3,(H,22,23);1H. The predicted molar refractivity (Wildman–Crippen MR) is 105 cm³/mol. The number of halogens is 5. The average molecular weight is 488 g/mol. The third-order valence-electron chi connectivity index (χ3n) is 4.01. The zero-order chi connectivity index (χ0) is 18.4. The van der Waals surface area contributed by atoms with Gasteiger partial charge in [-0.2, -0.15) is 13.2 Å². The number of alkyl halides is 3. The summed E-state index contributed by atoms with van der Waals surface area (Å²) in [6.07, 6.45) is -3.53. The number of guanidine groups is 1. The van der Waals surface area contributed by atoms with Crippen LogP contribution >= 0.6 is 24.0 Å². The maximum absolute atomic E-state index is 13.0. The minimum atomic E-state index is -4.17. The second-order valence-corrected chi connectivity index (χ2v) is 6.26. The summed E-state index contributed by atoms with van der Waals surface area (Å²) in [5.74, 6) is 0.355. The molecule has 1 aliphatic heterocycles. The van der Waals surface area contributed by atoms with Gasteiger partial charge in [-0.3, -0.25) is 9.89 Å². The van der Waals surface area contributed by atoms with E-state index in [4.69, 9.17) is 0 Å². The van der Waals surface area contributed by atoms with Gasteiger partial charge in [0.05, 0.1) is 6.54 Å². The molecule has 4 nitrogen and oxygen atoms in total. The van der Waals surface area contributed by atoms with Crippen LogP contribution in [-0.2, 0) is 6.54 Å². The van der Waals surface area contributed by atoms with Gasteiger partial charge in [-0.1, -0.05) is 12.1 Å². The Bertz CT molecular complexity index is 577. The average Bonchev–Trinajstić information content (AvgIpc) is 2.94. The number of rotatable bonds is 5. The van der Waals surface area contributed by atoms with E-state index < -0.39 is 12.7 Å². The molecule has 1 N–H and O–H groups in total. The maximum Gasteiger partial charge on any atom is 0.401 e. The molecule has 0 bridgehead atoms. The number of nitrogens with one attached hydrogen (secondary N) is 1. The maximum atomic E-state index is 13.0. The Morgan fingerprint density at radius 3 is 2.54 bits per heavy atom. The summed E-state index contributed by atoms with van der Waals surface area (Å²) in [6, 6.07) is 6.15. The third-order valence-corrected chi connectivity index (χ3v) is 4.01. The third kappa shape index (κ3) is 7.65. The monoisotopic (exact) mass is 488 g/mol. The highest BCUT2D eigenvalue weighted by atomic mass is 127. The fourth-order valence-electron chi connectivity index (χ4n) is 2.90. The first-order chi connectivity index (χ1) is 11.8. The molecule has 2 rings (SSSR count). The van der Waals surface area contributed by atoms with Crippen LogP contribution in [0.2, 0.25) is 0 Å². The quantitative estimate of drug-likeness (QED) is 0.298. The number of hydrogen-bond acceptors (Lipinski definition) is 2. The van der Waals surface area contributed by atoms with E-state index in [0.29, 0.717) is 38.6 Å². The Kier molecular flexibility index (Phi) is 9.08. The van der Waals surface area contributed by atoms with E-state index in [1.54, 1.807) is 12.1 Å². The molecule has 148 valence electrons. The molecule has 0 amide bonds. The highest BCUT2D eigenvalue weighted by molar-refractivity contribution is 14.0. The van der Waals surface area contributed by atoms with Crippen LogP contribution in [0, 0.1) is 5.82 Å². The molecule has 0 saturated carbocycles. The van der Waals surface area contributed by atoms with Crippen molar-refractivity contribution in [2.45, 2.75) is 32.1 Å². The topological polar surface area (TPSA) is 30.9 Å². The van der Waals surface area contributed by atoms with Crippen LogP contribution in [0.3, 0.4) is 0 Å². The van der Waals surface area contributed by atoms with Crippen molar-refractivity contribution >= 4 is 29.9 Å². The summed E-state index contributed by atoms with van der Waals surface area (Å²) in [4.78, 5) is 7.71. The van der Waals surface area contributed by atoms with Crippen LogP contribution in [0.25, 0.3) is 0 Å². The number of hydrogen-bond donors (Lipinski definition) is 1. The molecule has 9 heteroatoms. The second kappa shape index (κ2) is 10.3. The minimum absolute atomic E-state index is 0. The van der Waals surface area contributed by atoms with Gasteiger partial charge in [0.1, 0.15) is 5.82 Å². The highest BCUT2D eigenvalue weighted by Crippen LogP contribution is 2.20. The van der Waals surface area contributed by atoms with E-state index in [0.717, 1.165) is 5.56 Å². The van der Waals surface area contributed by atoms with Crippen molar-refractivity contribution < 1.29 is 17.6 Å². The fraction of sp³-hybridized carbons (Fsp3) is 0.588. The molecular weight excluding hydrogens is 463 g/mol. The van der Waals surface area contributed by atoms with Gasteiger partial charge in [0.2, 0.25) is 0 Å². The summed E-state index contributed by atoms with van der Waals surface area (Å²) >= 11 is 0. The lowest BCUT2D eigenvalue weighted by molar-refractivity contribution is -0.143. The fourth-order valence-corrected chi connectivity index (χ4v) is 2.90. The van der Waals surface area contributed by atoms with E-state index >= 15 is 0 Å². The van der Waals surface area contributed by atoms with Crippen LogP contribution < -0.4 is 5.32 Å². The molecule has 0 spiro atoms. The number of likely N-dealkylation sites (tertiary alicyclic amines) is 1. The molecule has 1 unspecified atom stereocenters. The van der Waals surface area contributed by atoms with E-state index in [2.05, 4.69) is 10.3 Å². The van der Waals surface area contributed by atoms with Gasteiger partial charge < -0.3 is 10.2 Å². The van der Waals surface area contributed by atoms with Crippen LogP contribution in [0.1, 0.15) is 18.9 Å². The van der Waals surface area contributed by atoms with Gasteiger partial charge in [-0.05, 0) is 31.0 Å². The summed E-state index contributed by atoms with van der Waals surface area (Å²) in [6.45, 7) is 2.87. The first-order valence-corrected chi connectivity index (χ1v) is 8.32. The molecule has 0 aromatic heterocycles. The van der Waals surface area contributed by atoms with Crippen molar-refractivity contribution in [3.8, 4) is 0 Å². The zero-order valence-electron chi connectivity index (χ0n) is 14.9. The first-order valence-electron chi connectivity index (χ1n) is 8.32. The Hall–Kier alpha value is -1.10. The minimum Gasteiger partial charge on any atom is -0.352 e. The van der Waals surface area contributed by atoms with E-state index in [9.17, 15) is 17.6 Å². The van der Waals surface area contributed by atoms with Gasteiger partial charge in [0.25, 0.3) is 0 Å². The molecule has 1 heterocycles. The van der Waals surface area contributed by atoms with Crippen molar-refractivity contribution in [3.63, 3.8) is 0 Å². The molecule has 1 aliphatic rings. The molecule has 1 saturated heterocycles. The highest BCUT2D eigenvalue weighted by Gasteiger charge is 2.34. The normalized spacial score (nSPS) is 18.5. The van der Waals surface area contributed by atoms with Crippen molar-refractivity contribution in [1.29, 1.82) is 0 Å². The Morgan fingerprint density at radius 2 is 1.96 bits per heavy atom. The summed E-state index contributed by atoms with van der Waals surface area (Å²) < 4.78 is 50.5. The molecule has 26 heavy (non-hydrogen) atoms. The molecule has 1 aromatic carbocycles. The van der Waals surface area contributed by atoms with E-state index in [1.807, 2.05) is 18.9 Å². The lowest BCUT2D eigenvalue weighted by atomic mass is 10.2. The van der Waals surface area contributed by atoms with Gasteiger partial charge in [0, 0.05) is 39.3 Å². The van der Waals surface area contributed by atoms with Gasteiger partial charge >= 0.3 is 6.18 Å². The lowest BCUT2D eigenvalue weighted by Crippen LogP contribution is -2.45. The van der Waals surface area contributed by atoms with Crippen molar-refractivity contribution in [1.82, 2.24) is 15.1 Å². The smallest absolute Gasteiger partial charge is 0.352 e. The van der Waals surface area contributed by atoms with Crippen LogP contribution in [-0.4, -0.2) is 61.2 Å². The summed E-state index contributed by atoms with van der Waals surface area (Å²) in [5.41, 5.74) is 0.930. The van der Waals surface area contributed by atoms with E-state index in [-0.39, 0.29) is 35.8 Å². The summed E-state index contributed by atoms with van der Waals surface area (Å²) in [7, 11) is 1.85. The molecule has 1 fully saturated rings. The Morgan fingerprint density at radius 1 is 1.31 bits per heavy atom. The zero-order valence-corrected chi connectivity index (χ0v) is 17.2. The number of benzene rings is 1.